The number of hydrogen-bond donors (Lipinski definition) is 2. The largest absolute Gasteiger partial charge is 0.480 e. The number of anilines is 1. The molecular formula is C9H13N3O4. The van der Waals surface area contributed by atoms with Crippen LogP contribution in [0.25, 0.3) is 0 Å². The van der Waals surface area contributed by atoms with Gasteiger partial charge in [-0.05, 0) is 6.92 Å². The molecule has 88 valence electrons. The summed E-state index contributed by atoms with van der Waals surface area (Å²) in [6.45, 7) is 1.99. The third-order valence-electron chi connectivity index (χ3n) is 1.65. The predicted octanol–water partition coefficient (Wildman–Crippen LogP) is -0.0573. The van der Waals surface area contributed by atoms with Crippen molar-refractivity contribution in [1.82, 2.24) is 9.78 Å². The van der Waals surface area contributed by atoms with E-state index in [0.717, 1.165) is 0 Å². The van der Waals surface area contributed by atoms with Crippen LogP contribution in [0.3, 0.4) is 0 Å². The smallest absolute Gasteiger partial charge is 0.325 e. The number of nitrogens with zero attached hydrogens (tertiary/aromatic N) is 2. The van der Waals surface area contributed by atoms with E-state index in [1.54, 1.807) is 6.92 Å². The molecule has 0 atom stereocenters. The number of carbonyl (C=O) groups is 2. The summed E-state index contributed by atoms with van der Waals surface area (Å²) >= 11 is 0. The van der Waals surface area contributed by atoms with Crippen LogP contribution in [-0.2, 0) is 20.9 Å². The predicted molar refractivity (Wildman–Crippen MR) is 55.0 cm³/mol. The minimum atomic E-state index is -0.990. The fourth-order valence-corrected chi connectivity index (χ4v) is 1.05. The maximum absolute atomic E-state index is 11.2. The first-order valence-electron chi connectivity index (χ1n) is 4.73. The maximum atomic E-state index is 11.2. The minimum Gasteiger partial charge on any atom is -0.480 e. The summed E-state index contributed by atoms with van der Waals surface area (Å²) in [4.78, 5) is 21.6. The van der Waals surface area contributed by atoms with Crippen molar-refractivity contribution < 1.29 is 19.4 Å². The zero-order valence-corrected chi connectivity index (χ0v) is 8.84. The molecule has 7 nitrogen and oxygen atoms in total. The lowest BCUT2D eigenvalue weighted by Crippen LogP contribution is -2.17. The summed E-state index contributed by atoms with van der Waals surface area (Å²) in [6, 6.07) is 0. The van der Waals surface area contributed by atoms with Crippen LogP contribution in [0.1, 0.15) is 6.92 Å². The average Bonchev–Trinajstić information content (AvgIpc) is 2.61. The van der Waals surface area contributed by atoms with Crippen LogP contribution < -0.4 is 5.32 Å². The number of aromatic nitrogens is 2. The van der Waals surface area contributed by atoms with E-state index >= 15 is 0 Å². The highest BCUT2D eigenvalue weighted by molar-refractivity contribution is 5.91. The summed E-state index contributed by atoms with van der Waals surface area (Å²) in [7, 11) is 0. The molecule has 0 unspecified atom stereocenters. The van der Waals surface area contributed by atoms with Gasteiger partial charge in [0, 0.05) is 12.8 Å². The van der Waals surface area contributed by atoms with Crippen LogP contribution in [0.15, 0.2) is 12.4 Å². The second-order valence-corrected chi connectivity index (χ2v) is 3.01. The van der Waals surface area contributed by atoms with Gasteiger partial charge in [0.2, 0.25) is 5.91 Å². The molecule has 7 heteroatoms. The standard InChI is InChI=1S/C9H13N3O4/c1-2-16-6-8(13)11-7-3-10-12(4-7)5-9(14)15/h3-4H,2,5-6H2,1H3,(H,11,13)(H,14,15). The quantitative estimate of drug-likeness (QED) is 0.710. The lowest BCUT2D eigenvalue weighted by atomic mass is 10.5. The van der Waals surface area contributed by atoms with E-state index < -0.39 is 5.97 Å². The third-order valence-corrected chi connectivity index (χ3v) is 1.65. The first-order chi connectivity index (χ1) is 7.61. The molecular weight excluding hydrogens is 214 g/mol. The second kappa shape index (κ2) is 5.86. The Morgan fingerprint density at radius 2 is 2.38 bits per heavy atom. The van der Waals surface area contributed by atoms with Crippen LogP contribution in [-0.4, -0.2) is 40.0 Å². The highest BCUT2D eigenvalue weighted by Crippen LogP contribution is 2.04. The lowest BCUT2D eigenvalue weighted by Gasteiger charge is -2.01. The molecule has 0 aromatic carbocycles. The van der Waals surface area contributed by atoms with Crippen molar-refractivity contribution in [2.45, 2.75) is 13.5 Å². The monoisotopic (exact) mass is 227 g/mol. The van der Waals surface area contributed by atoms with Gasteiger partial charge < -0.3 is 15.2 Å². The second-order valence-electron chi connectivity index (χ2n) is 3.01. The molecule has 0 aliphatic heterocycles. The van der Waals surface area contributed by atoms with Crippen LogP contribution in [0, 0.1) is 0 Å². The van der Waals surface area contributed by atoms with Crippen LogP contribution in [0.2, 0.25) is 0 Å². The molecule has 1 aromatic rings. The van der Waals surface area contributed by atoms with E-state index in [-0.39, 0.29) is 19.1 Å². The molecule has 0 spiro atoms. The Kier molecular flexibility index (Phi) is 4.46. The fourth-order valence-electron chi connectivity index (χ4n) is 1.05. The van der Waals surface area contributed by atoms with E-state index in [0.29, 0.717) is 12.3 Å². The van der Waals surface area contributed by atoms with Crippen molar-refractivity contribution in [3.63, 3.8) is 0 Å². The normalized spacial score (nSPS) is 10.1. The molecule has 0 saturated heterocycles. The number of nitrogens with one attached hydrogen (secondary N) is 1. The van der Waals surface area contributed by atoms with Crippen molar-refractivity contribution in [2.75, 3.05) is 18.5 Å². The van der Waals surface area contributed by atoms with Crippen molar-refractivity contribution >= 4 is 17.6 Å². The van der Waals surface area contributed by atoms with Gasteiger partial charge in [-0.1, -0.05) is 0 Å². The average molecular weight is 227 g/mol. The fraction of sp³-hybridized carbons (Fsp3) is 0.444. The number of carbonyl (C=O) groups excluding carboxylic acids is 1. The molecule has 0 bridgehead atoms. The van der Waals surface area contributed by atoms with Gasteiger partial charge in [0.25, 0.3) is 0 Å². The third kappa shape index (κ3) is 4.09. The zero-order valence-electron chi connectivity index (χ0n) is 8.84. The van der Waals surface area contributed by atoms with Crippen molar-refractivity contribution in [3.05, 3.63) is 12.4 Å². The Labute approximate surface area is 92.0 Å². The molecule has 0 saturated carbocycles. The van der Waals surface area contributed by atoms with Gasteiger partial charge in [0.05, 0.1) is 11.9 Å². The molecule has 0 fully saturated rings. The van der Waals surface area contributed by atoms with Gasteiger partial charge in [-0.25, -0.2) is 0 Å². The topological polar surface area (TPSA) is 93.5 Å². The summed E-state index contributed by atoms with van der Waals surface area (Å²) in [5.41, 5.74) is 0.450. The Balaban J connectivity index is 2.45. The zero-order chi connectivity index (χ0) is 12.0. The molecule has 1 rings (SSSR count). The number of ether oxygens (including phenoxy) is 1. The number of amides is 1. The molecule has 16 heavy (non-hydrogen) atoms. The minimum absolute atomic E-state index is 0.0272. The highest BCUT2D eigenvalue weighted by atomic mass is 16.5. The first-order valence-corrected chi connectivity index (χ1v) is 4.73. The van der Waals surface area contributed by atoms with E-state index in [9.17, 15) is 9.59 Å². The van der Waals surface area contributed by atoms with Gasteiger partial charge >= 0.3 is 5.97 Å². The first kappa shape index (κ1) is 12.2. The molecule has 1 aromatic heterocycles. The molecule has 1 heterocycles. The van der Waals surface area contributed by atoms with Crippen molar-refractivity contribution in [3.8, 4) is 0 Å². The van der Waals surface area contributed by atoms with Gasteiger partial charge in [0.1, 0.15) is 13.2 Å². The van der Waals surface area contributed by atoms with E-state index in [2.05, 4.69) is 10.4 Å². The number of hydrogen-bond acceptors (Lipinski definition) is 4. The number of carboxylic acids is 1. The molecule has 1 amide bonds. The van der Waals surface area contributed by atoms with Gasteiger partial charge in [-0.3, -0.25) is 14.3 Å². The SMILES string of the molecule is CCOCC(=O)Nc1cnn(CC(=O)O)c1. The number of carboxylic acid groups (broad SMARTS) is 1. The number of rotatable bonds is 6. The molecule has 2 N–H and O–H groups in total. The summed E-state index contributed by atoms with van der Waals surface area (Å²) in [6.07, 6.45) is 2.82. The summed E-state index contributed by atoms with van der Waals surface area (Å²) < 4.78 is 6.13. The highest BCUT2D eigenvalue weighted by Gasteiger charge is 2.05. The van der Waals surface area contributed by atoms with Gasteiger partial charge in [-0.2, -0.15) is 5.10 Å². The van der Waals surface area contributed by atoms with Crippen LogP contribution in [0.5, 0.6) is 0 Å². The van der Waals surface area contributed by atoms with Gasteiger partial charge in [0.15, 0.2) is 0 Å². The van der Waals surface area contributed by atoms with Crippen LogP contribution >= 0.6 is 0 Å². The Morgan fingerprint density at radius 1 is 1.62 bits per heavy atom. The van der Waals surface area contributed by atoms with E-state index in [1.165, 1.54) is 17.1 Å². The van der Waals surface area contributed by atoms with E-state index in [4.69, 9.17) is 9.84 Å². The lowest BCUT2D eigenvalue weighted by molar-refractivity contribution is -0.137. The molecule has 0 radical (unpaired) electrons. The maximum Gasteiger partial charge on any atom is 0.325 e. The number of aliphatic carboxylic acids is 1. The Bertz CT molecular complexity index is 375. The Hall–Kier alpha value is -1.89. The summed E-state index contributed by atoms with van der Waals surface area (Å²) in [5, 5.41) is 14.8. The van der Waals surface area contributed by atoms with Crippen LogP contribution in [0.4, 0.5) is 5.69 Å². The van der Waals surface area contributed by atoms with E-state index in [1.807, 2.05) is 0 Å². The van der Waals surface area contributed by atoms with Crippen molar-refractivity contribution in [1.29, 1.82) is 0 Å². The van der Waals surface area contributed by atoms with Crippen molar-refractivity contribution in [2.24, 2.45) is 0 Å². The molecule has 0 aliphatic carbocycles. The molecule has 0 aliphatic rings. The van der Waals surface area contributed by atoms with Gasteiger partial charge in [-0.15, -0.1) is 0 Å². The summed E-state index contributed by atoms with van der Waals surface area (Å²) in [5.74, 6) is -1.29. The Morgan fingerprint density at radius 3 is 3.00 bits per heavy atom.